The molecule has 8 nitrogen and oxygen atoms in total. The van der Waals surface area contributed by atoms with Crippen molar-refractivity contribution in [3.63, 3.8) is 0 Å². The van der Waals surface area contributed by atoms with Crippen molar-refractivity contribution in [2.75, 3.05) is 12.8 Å². The first-order valence-electron chi connectivity index (χ1n) is 5.96. The van der Waals surface area contributed by atoms with Gasteiger partial charge in [-0.25, -0.2) is 14.5 Å². The molecule has 3 rings (SSSR count). The predicted molar refractivity (Wildman–Crippen MR) is 71.5 cm³/mol. The Kier molecular flexibility index (Phi) is 4.35. The first-order valence-corrected chi connectivity index (χ1v) is 5.96. The van der Waals surface area contributed by atoms with Gasteiger partial charge in [0.2, 0.25) is 5.88 Å². The topological polar surface area (TPSA) is 118 Å². The Morgan fingerprint density at radius 1 is 1.41 bits per heavy atom. The van der Waals surface area contributed by atoms with E-state index in [1.54, 1.807) is 18.3 Å². The molecule has 0 aliphatic carbocycles. The van der Waals surface area contributed by atoms with Gasteiger partial charge in [-0.3, -0.25) is 0 Å². The summed E-state index contributed by atoms with van der Waals surface area (Å²) in [6.45, 7) is 0. The molecule has 0 aliphatic rings. The van der Waals surface area contributed by atoms with Crippen molar-refractivity contribution >= 4 is 17.4 Å². The second-order valence-electron chi connectivity index (χ2n) is 4.26. The van der Waals surface area contributed by atoms with Crippen molar-refractivity contribution in [1.82, 2.24) is 19.6 Å². The number of nitrogens with zero attached hydrogens (tertiary/aromatic N) is 4. The van der Waals surface area contributed by atoms with Crippen molar-refractivity contribution in [3.8, 4) is 17.1 Å². The summed E-state index contributed by atoms with van der Waals surface area (Å²) in [6, 6.07) is 4.82. The summed E-state index contributed by atoms with van der Waals surface area (Å²) >= 11 is 0. The van der Waals surface area contributed by atoms with Crippen LogP contribution in [0.15, 0.2) is 30.6 Å². The Bertz CT molecular complexity index is 849. The van der Waals surface area contributed by atoms with Gasteiger partial charge in [0.1, 0.15) is 5.82 Å². The number of nitrogen functional groups attached to an aromatic ring is 1. The maximum absolute atomic E-state index is 11.1. The van der Waals surface area contributed by atoms with E-state index < -0.39 is 5.97 Å². The molecule has 22 heavy (non-hydrogen) atoms. The second-order valence-corrected chi connectivity index (χ2v) is 4.26. The average molecular weight is 291 g/mol. The molecule has 9 heteroatoms. The van der Waals surface area contributed by atoms with Gasteiger partial charge in [-0.1, -0.05) is 0 Å². The Hall–Kier alpha value is -2.56. The van der Waals surface area contributed by atoms with Gasteiger partial charge in [-0.2, -0.15) is 5.10 Å². The number of nitrogens with two attached hydrogens (primary N) is 1. The molecule has 0 aromatic carbocycles. The summed E-state index contributed by atoms with van der Waals surface area (Å²) in [5, 5.41) is 15.4. The van der Waals surface area contributed by atoms with E-state index in [4.69, 9.17) is 10.5 Å². The van der Waals surface area contributed by atoms with E-state index in [-0.39, 0.29) is 30.3 Å². The number of fused-ring (bicyclic) bond motifs is 1. The van der Waals surface area contributed by atoms with Crippen LogP contribution in [0.25, 0.3) is 16.9 Å². The molecule has 0 radical (unpaired) electrons. The molecule has 0 saturated heterocycles. The smallest absolute Gasteiger partial charge is 0.545 e. The average Bonchev–Trinajstić information content (AvgIpc) is 2.85. The van der Waals surface area contributed by atoms with Crippen molar-refractivity contribution in [1.29, 1.82) is 0 Å². The molecule has 106 valence electrons. The van der Waals surface area contributed by atoms with E-state index in [1.165, 1.54) is 23.9 Å². The number of anilines is 1. The molecule has 3 aromatic rings. The summed E-state index contributed by atoms with van der Waals surface area (Å²) in [6.07, 6.45) is 3.04. The third-order valence-electron chi connectivity index (χ3n) is 2.90. The molecule has 0 amide bonds. The van der Waals surface area contributed by atoms with Crippen LogP contribution < -0.4 is 34.4 Å². The molecule has 2 N–H and O–H groups in total. The van der Waals surface area contributed by atoms with Gasteiger partial charge in [0, 0.05) is 11.8 Å². The number of aromatic carboxylic acids is 1. The molecule has 0 spiro atoms. The first kappa shape index (κ1) is 15.8. The maximum Gasteiger partial charge on any atom is 1.00 e. The zero-order valence-corrected chi connectivity index (χ0v) is 12.0. The fourth-order valence-corrected chi connectivity index (χ4v) is 1.96. The van der Waals surface area contributed by atoms with Crippen molar-refractivity contribution < 1.29 is 33.5 Å². The Morgan fingerprint density at radius 3 is 2.86 bits per heavy atom. The van der Waals surface area contributed by atoms with Crippen LogP contribution in [0, 0.1) is 0 Å². The number of carbonyl (C=O) groups excluding carboxylic acids is 1. The van der Waals surface area contributed by atoms with E-state index >= 15 is 0 Å². The zero-order valence-electron chi connectivity index (χ0n) is 12.0. The van der Waals surface area contributed by atoms with Gasteiger partial charge < -0.3 is 20.4 Å². The second kappa shape index (κ2) is 6.05. The maximum atomic E-state index is 11.1. The standard InChI is InChI=1S/C13H11N5O3.Li/c1-21-12-8(13(19)20)4-7(5-15-12)9-2-3-11-16-10(14)6-18(11)17-9;/h2-6H,14H2,1H3,(H,19,20);/q;+1/p-1. The monoisotopic (exact) mass is 291 g/mol. The van der Waals surface area contributed by atoms with Gasteiger partial charge >= 0.3 is 18.9 Å². The SMILES string of the molecule is COc1ncc(-c2ccc3nc(N)cn3n2)cc1C(=O)[O-].[Li+]. The molecular weight excluding hydrogens is 281 g/mol. The molecule has 0 atom stereocenters. The zero-order chi connectivity index (χ0) is 15.0. The Morgan fingerprint density at radius 2 is 2.18 bits per heavy atom. The number of hydrogen-bond acceptors (Lipinski definition) is 7. The van der Waals surface area contributed by atoms with Crippen molar-refractivity contribution in [2.45, 2.75) is 0 Å². The minimum Gasteiger partial charge on any atom is -0.545 e. The molecule has 0 unspecified atom stereocenters. The Labute approximate surface area is 137 Å². The van der Waals surface area contributed by atoms with Crippen LogP contribution in [0.4, 0.5) is 5.82 Å². The van der Waals surface area contributed by atoms with Crippen LogP contribution >= 0.6 is 0 Å². The molecule has 3 aromatic heterocycles. The number of rotatable bonds is 3. The minimum absolute atomic E-state index is 0. The number of ether oxygens (including phenoxy) is 1. The molecule has 3 heterocycles. The summed E-state index contributed by atoms with van der Waals surface area (Å²) in [5.74, 6) is -1.02. The Balaban J connectivity index is 0.00000176. The van der Waals surface area contributed by atoms with Gasteiger partial charge in [0.05, 0.1) is 30.5 Å². The number of carboxylic acids is 1. The number of imidazole rings is 1. The number of pyridine rings is 1. The fraction of sp³-hybridized carbons (Fsp3) is 0.0769. The van der Waals surface area contributed by atoms with Gasteiger partial charge in [-0.15, -0.1) is 0 Å². The van der Waals surface area contributed by atoms with E-state index in [2.05, 4.69) is 15.1 Å². The molecule has 0 fully saturated rings. The van der Waals surface area contributed by atoms with Crippen LogP contribution in [-0.4, -0.2) is 32.7 Å². The van der Waals surface area contributed by atoms with Crippen molar-refractivity contribution in [3.05, 3.63) is 36.2 Å². The number of aromatic nitrogens is 4. The largest absolute Gasteiger partial charge is 1.00 e. The summed E-state index contributed by atoms with van der Waals surface area (Å²) in [4.78, 5) is 19.1. The van der Waals surface area contributed by atoms with Crippen LogP contribution in [0.1, 0.15) is 10.4 Å². The number of hydrogen-bond donors (Lipinski definition) is 1. The first-order chi connectivity index (χ1) is 10.1. The van der Waals surface area contributed by atoms with Crippen molar-refractivity contribution in [2.24, 2.45) is 0 Å². The van der Waals surface area contributed by atoms with Crippen LogP contribution in [0.5, 0.6) is 5.88 Å². The summed E-state index contributed by atoms with van der Waals surface area (Å²) in [7, 11) is 1.34. The van der Waals surface area contributed by atoms with Crippen LogP contribution in [-0.2, 0) is 0 Å². The molecule has 0 aliphatic heterocycles. The number of carboxylic acid groups (broad SMARTS) is 1. The molecule has 0 bridgehead atoms. The fourth-order valence-electron chi connectivity index (χ4n) is 1.96. The third kappa shape index (κ3) is 2.74. The van der Waals surface area contributed by atoms with Gasteiger partial charge in [0.15, 0.2) is 5.65 Å². The van der Waals surface area contributed by atoms with Crippen LogP contribution in [0.2, 0.25) is 0 Å². The van der Waals surface area contributed by atoms with E-state index in [0.717, 1.165) is 0 Å². The third-order valence-corrected chi connectivity index (χ3v) is 2.90. The van der Waals surface area contributed by atoms with Gasteiger partial charge in [0.25, 0.3) is 0 Å². The molecule has 0 saturated carbocycles. The minimum atomic E-state index is -1.37. The van der Waals surface area contributed by atoms with E-state index in [9.17, 15) is 9.90 Å². The molecular formula is C13H10LiN5O3. The number of methoxy groups -OCH3 is 1. The predicted octanol–water partition coefficient (Wildman–Crippen LogP) is -3.25. The normalized spacial score (nSPS) is 10.2. The number of carbonyl (C=O) groups is 1. The quantitative estimate of drug-likeness (QED) is 0.503. The summed E-state index contributed by atoms with van der Waals surface area (Å²) < 4.78 is 6.39. The van der Waals surface area contributed by atoms with Gasteiger partial charge in [-0.05, 0) is 18.2 Å². The summed E-state index contributed by atoms with van der Waals surface area (Å²) in [5.41, 5.74) is 7.10. The van der Waals surface area contributed by atoms with E-state index in [1.807, 2.05) is 0 Å². The van der Waals surface area contributed by atoms with E-state index in [0.29, 0.717) is 22.7 Å². The van der Waals surface area contributed by atoms with Crippen LogP contribution in [0.3, 0.4) is 0 Å².